The van der Waals surface area contributed by atoms with Gasteiger partial charge >= 0.3 is 0 Å². The molecular weight excluding hydrogens is 222 g/mol. The highest BCUT2D eigenvalue weighted by Gasteiger charge is 2.21. The highest BCUT2D eigenvalue weighted by atomic mass is 32.2. The molecule has 0 saturated carbocycles. The third-order valence-electron chi connectivity index (χ3n) is 2.65. The summed E-state index contributed by atoms with van der Waals surface area (Å²) in [4.78, 5) is 0. The number of rotatable bonds is 5. The maximum atomic E-state index is 6.06. The molecule has 0 saturated heterocycles. The lowest BCUT2D eigenvalue weighted by atomic mass is 10.1. The molecule has 0 aliphatic carbocycles. The van der Waals surface area contributed by atoms with E-state index in [4.69, 9.17) is 5.73 Å². The number of thioether (sulfide) groups is 1. The number of hydrogen-bond acceptors (Lipinski definition) is 3. The summed E-state index contributed by atoms with van der Waals surface area (Å²) in [6, 6.07) is 2.41. The molecule has 0 bridgehead atoms. The van der Waals surface area contributed by atoms with E-state index in [-0.39, 0.29) is 6.04 Å². The summed E-state index contributed by atoms with van der Waals surface area (Å²) in [6.45, 7) is 8.92. The van der Waals surface area contributed by atoms with Gasteiger partial charge in [-0.3, -0.25) is 0 Å². The van der Waals surface area contributed by atoms with Gasteiger partial charge in [-0.05, 0) is 35.2 Å². The fourth-order valence-electron chi connectivity index (χ4n) is 1.33. The zero-order valence-corrected chi connectivity index (χ0v) is 11.6. The van der Waals surface area contributed by atoms with Crippen LogP contribution in [-0.4, -0.2) is 11.3 Å². The lowest BCUT2D eigenvalue weighted by Crippen LogP contribution is -2.24. The first-order valence-corrected chi connectivity index (χ1v) is 7.34. The molecule has 2 N–H and O–H groups in total. The van der Waals surface area contributed by atoms with E-state index >= 15 is 0 Å². The van der Waals surface area contributed by atoms with Crippen LogP contribution in [0.5, 0.6) is 0 Å². The largest absolute Gasteiger partial charge is 0.327 e. The Morgan fingerprint density at radius 1 is 1.27 bits per heavy atom. The van der Waals surface area contributed by atoms with Gasteiger partial charge in [0.15, 0.2) is 0 Å². The summed E-state index contributed by atoms with van der Waals surface area (Å²) in [6.07, 6.45) is 0. The van der Waals surface area contributed by atoms with Gasteiger partial charge in [0, 0.05) is 16.5 Å². The van der Waals surface area contributed by atoms with Crippen molar-refractivity contribution in [2.45, 2.75) is 44.2 Å². The van der Waals surface area contributed by atoms with Gasteiger partial charge in [0.05, 0.1) is 0 Å². The van der Waals surface area contributed by atoms with Gasteiger partial charge in [0.25, 0.3) is 0 Å². The molecule has 0 aliphatic heterocycles. The highest BCUT2D eigenvalue weighted by Crippen LogP contribution is 2.37. The third-order valence-corrected chi connectivity index (χ3v) is 5.32. The Kier molecular flexibility index (Phi) is 5.16. The van der Waals surface area contributed by atoms with E-state index in [1.807, 2.05) is 11.8 Å². The van der Waals surface area contributed by atoms with Crippen molar-refractivity contribution in [3.05, 3.63) is 22.4 Å². The molecule has 3 heteroatoms. The highest BCUT2D eigenvalue weighted by molar-refractivity contribution is 8.00. The van der Waals surface area contributed by atoms with Crippen molar-refractivity contribution in [2.75, 3.05) is 0 Å². The van der Waals surface area contributed by atoms with Crippen molar-refractivity contribution in [3.63, 3.8) is 0 Å². The van der Waals surface area contributed by atoms with Gasteiger partial charge in [-0.25, -0.2) is 0 Å². The summed E-state index contributed by atoms with van der Waals surface area (Å²) in [5.74, 6) is 0.704. The molecule has 1 aromatic heterocycles. The van der Waals surface area contributed by atoms with Crippen LogP contribution >= 0.6 is 23.1 Å². The van der Waals surface area contributed by atoms with Gasteiger partial charge in [-0.2, -0.15) is 11.3 Å². The second-order valence-corrected chi connectivity index (χ2v) is 6.73. The van der Waals surface area contributed by atoms with Crippen LogP contribution < -0.4 is 5.73 Å². The standard InChI is InChI=1S/C12H21NS2/c1-8(2)10(4)15-12(9(3)13)11-5-6-14-7-11/h5-10,12H,13H2,1-4H3. The van der Waals surface area contributed by atoms with E-state index in [1.54, 1.807) is 11.3 Å². The molecule has 0 amide bonds. The van der Waals surface area contributed by atoms with E-state index < -0.39 is 0 Å². The summed E-state index contributed by atoms with van der Waals surface area (Å²) in [5.41, 5.74) is 7.44. The quantitative estimate of drug-likeness (QED) is 0.848. The Labute approximate surface area is 101 Å². The number of nitrogens with two attached hydrogens (primary N) is 1. The molecule has 3 unspecified atom stereocenters. The van der Waals surface area contributed by atoms with Crippen molar-refractivity contribution in [1.82, 2.24) is 0 Å². The number of hydrogen-bond donors (Lipinski definition) is 1. The molecule has 1 aromatic rings. The predicted octanol–water partition coefficient (Wildman–Crippen LogP) is 3.91. The average molecular weight is 243 g/mol. The molecule has 3 atom stereocenters. The molecule has 0 aliphatic rings. The van der Waals surface area contributed by atoms with Crippen LogP contribution in [0, 0.1) is 5.92 Å². The lowest BCUT2D eigenvalue weighted by molar-refractivity contribution is 0.631. The molecule has 0 fully saturated rings. The minimum atomic E-state index is 0.214. The molecule has 0 spiro atoms. The van der Waals surface area contributed by atoms with Gasteiger partial charge < -0.3 is 5.73 Å². The zero-order valence-electron chi connectivity index (χ0n) is 9.94. The van der Waals surface area contributed by atoms with Gasteiger partial charge in [0.2, 0.25) is 0 Å². The Balaban J connectivity index is 2.68. The minimum absolute atomic E-state index is 0.214. The minimum Gasteiger partial charge on any atom is -0.327 e. The van der Waals surface area contributed by atoms with Crippen LogP contribution in [0.2, 0.25) is 0 Å². The molecule has 15 heavy (non-hydrogen) atoms. The molecule has 1 nitrogen and oxygen atoms in total. The molecule has 0 radical (unpaired) electrons. The third kappa shape index (κ3) is 3.82. The van der Waals surface area contributed by atoms with Crippen molar-refractivity contribution >= 4 is 23.1 Å². The Bertz CT molecular complexity index is 267. The normalized spacial score (nSPS) is 17.7. The molecule has 1 rings (SSSR count). The monoisotopic (exact) mass is 243 g/mol. The van der Waals surface area contributed by atoms with E-state index in [2.05, 4.69) is 44.5 Å². The molecular formula is C12H21NS2. The summed E-state index contributed by atoms with van der Waals surface area (Å²) < 4.78 is 0. The smallest absolute Gasteiger partial charge is 0.0456 e. The average Bonchev–Trinajstić information content (AvgIpc) is 2.65. The Morgan fingerprint density at radius 2 is 1.93 bits per heavy atom. The topological polar surface area (TPSA) is 26.0 Å². The maximum absolute atomic E-state index is 6.06. The van der Waals surface area contributed by atoms with Crippen LogP contribution in [0.3, 0.4) is 0 Å². The van der Waals surface area contributed by atoms with E-state index in [9.17, 15) is 0 Å². The van der Waals surface area contributed by atoms with E-state index in [1.165, 1.54) is 5.56 Å². The van der Waals surface area contributed by atoms with Gasteiger partial charge in [-0.1, -0.05) is 20.8 Å². The van der Waals surface area contributed by atoms with Crippen molar-refractivity contribution in [3.8, 4) is 0 Å². The summed E-state index contributed by atoms with van der Waals surface area (Å²) in [5, 5.41) is 5.44. The van der Waals surface area contributed by atoms with Crippen LogP contribution in [-0.2, 0) is 0 Å². The fraction of sp³-hybridized carbons (Fsp3) is 0.667. The van der Waals surface area contributed by atoms with Gasteiger partial charge in [-0.15, -0.1) is 11.8 Å². The van der Waals surface area contributed by atoms with Crippen molar-refractivity contribution in [2.24, 2.45) is 11.7 Å². The zero-order chi connectivity index (χ0) is 11.4. The van der Waals surface area contributed by atoms with E-state index in [0.717, 1.165) is 0 Å². The molecule has 1 heterocycles. The summed E-state index contributed by atoms with van der Waals surface area (Å²) >= 11 is 3.75. The van der Waals surface area contributed by atoms with Crippen molar-refractivity contribution in [1.29, 1.82) is 0 Å². The molecule has 86 valence electrons. The second-order valence-electron chi connectivity index (χ2n) is 4.42. The first-order valence-electron chi connectivity index (χ1n) is 5.45. The Hall–Kier alpha value is 0.01000. The second kappa shape index (κ2) is 5.92. The van der Waals surface area contributed by atoms with Crippen LogP contribution in [0.15, 0.2) is 16.8 Å². The predicted molar refractivity (Wildman–Crippen MR) is 72.6 cm³/mol. The SMILES string of the molecule is CC(C)C(C)SC(c1ccsc1)C(C)N. The van der Waals surface area contributed by atoms with E-state index in [0.29, 0.717) is 16.4 Å². The van der Waals surface area contributed by atoms with Crippen LogP contribution in [0.1, 0.15) is 38.5 Å². The van der Waals surface area contributed by atoms with Crippen LogP contribution in [0.25, 0.3) is 0 Å². The fourth-order valence-corrected chi connectivity index (χ4v) is 3.44. The van der Waals surface area contributed by atoms with Crippen molar-refractivity contribution < 1.29 is 0 Å². The Morgan fingerprint density at radius 3 is 2.33 bits per heavy atom. The first-order chi connectivity index (χ1) is 7.02. The maximum Gasteiger partial charge on any atom is 0.0456 e. The van der Waals surface area contributed by atoms with Gasteiger partial charge in [0.1, 0.15) is 0 Å². The lowest BCUT2D eigenvalue weighted by Gasteiger charge is -2.25. The number of thiophene rings is 1. The molecule has 0 aromatic carbocycles. The first kappa shape index (κ1) is 13.1. The van der Waals surface area contributed by atoms with Crippen LogP contribution in [0.4, 0.5) is 0 Å². The summed E-state index contributed by atoms with van der Waals surface area (Å²) in [7, 11) is 0.